The largest absolute Gasteiger partial charge is 0.427 e. The van der Waals surface area contributed by atoms with E-state index in [1.807, 2.05) is 0 Å². The first-order chi connectivity index (χ1) is 11.6. The number of nitrogens with zero attached hydrogens (tertiary/aromatic N) is 1. The van der Waals surface area contributed by atoms with Crippen molar-refractivity contribution >= 4 is 11.8 Å². The van der Waals surface area contributed by atoms with E-state index in [1.54, 1.807) is 13.0 Å². The van der Waals surface area contributed by atoms with Crippen molar-refractivity contribution < 1.29 is 18.7 Å². The number of hydrogen-bond acceptors (Lipinski definition) is 5. The highest BCUT2D eigenvalue weighted by atomic mass is 16.5. The zero-order chi connectivity index (χ0) is 17.1. The average molecular weight is 334 g/mol. The van der Waals surface area contributed by atoms with Crippen molar-refractivity contribution in [1.82, 2.24) is 10.2 Å². The van der Waals surface area contributed by atoms with E-state index >= 15 is 0 Å². The van der Waals surface area contributed by atoms with E-state index in [-0.39, 0.29) is 29.7 Å². The van der Waals surface area contributed by atoms with Crippen LogP contribution in [0, 0.1) is 6.92 Å². The van der Waals surface area contributed by atoms with Crippen LogP contribution in [0.4, 0.5) is 0 Å². The van der Waals surface area contributed by atoms with Crippen LogP contribution in [0.15, 0.2) is 15.3 Å². The molecule has 1 N–H and O–H groups in total. The lowest BCUT2D eigenvalue weighted by Crippen LogP contribution is -2.37. The second-order valence-electron chi connectivity index (χ2n) is 6.27. The molecule has 24 heavy (non-hydrogen) atoms. The molecule has 2 saturated heterocycles. The molecule has 0 atom stereocenters. The number of rotatable bonds is 2. The van der Waals surface area contributed by atoms with Gasteiger partial charge in [-0.1, -0.05) is 0 Å². The number of nitrogens with one attached hydrogen (secondary N) is 1. The Morgan fingerprint density at radius 3 is 2.71 bits per heavy atom. The van der Waals surface area contributed by atoms with Crippen molar-refractivity contribution in [1.29, 1.82) is 0 Å². The van der Waals surface area contributed by atoms with Gasteiger partial charge in [-0.25, -0.2) is 4.79 Å². The van der Waals surface area contributed by atoms with Crippen LogP contribution >= 0.6 is 0 Å². The number of amides is 2. The Balaban J connectivity index is 1.83. The molecule has 7 nitrogen and oxygen atoms in total. The maximum Gasteiger partial charge on any atom is 0.349 e. The van der Waals surface area contributed by atoms with E-state index in [2.05, 4.69) is 5.32 Å². The summed E-state index contributed by atoms with van der Waals surface area (Å²) in [7, 11) is 0. The first kappa shape index (κ1) is 16.7. The summed E-state index contributed by atoms with van der Waals surface area (Å²) in [5.41, 5.74) is 0.103. The second-order valence-corrected chi connectivity index (χ2v) is 6.27. The Morgan fingerprint density at radius 1 is 1.25 bits per heavy atom. The van der Waals surface area contributed by atoms with Crippen LogP contribution in [0.1, 0.15) is 46.9 Å². The van der Waals surface area contributed by atoms with Crippen LogP contribution in [0.25, 0.3) is 0 Å². The van der Waals surface area contributed by atoms with E-state index in [9.17, 15) is 14.4 Å². The van der Waals surface area contributed by atoms with Crippen molar-refractivity contribution in [2.24, 2.45) is 0 Å². The minimum absolute atomic E-state index is 0.0696. The molecular weight excluding hydrogens is 312 g/mol. The smallest absolute Gasteiger partial charge is 0.349 e. The normalized spacial score (nSPS) is 19.7. The van der Waals surface area contributed by atoms with Gasteiger partial charge in [0, 0.05) is 45.2 Å². The lowest BCUT2D eigenvalue weighted by atomic mass is 9.95. The highest BCUT2D eigenvalue weighted by Crippen LogP contribution is 2.27. The maximum absolute atomic E-state index is 12.7. The van der Waals surface area contributed by atoms with Crippen LogP contribution in [-0.2, 0) is 9.53 Å². The fourth-order valence-electron chi connectivity index (χ4n) is 3.20. The third-order valence-corrected chi connectivity index (χ3v) is 4.61. The van der Waals surface area contributed by atoms with Gasteiger partial charge in [0.2, 0.25) is 5.91 Å². The van der Waals surface area contributed by atoms with Gasteiger partial charge in [-0.15, -0.1) is 0 Å². The van der Waals surface area contributed by atoms with Gasteiger partial charge in [0.25, 0.3) is 5.91 Å². The minimum atomic E-state index is -0.593. The zero-order valence-corrected chi connectivity index (χ0v) is 13.8. The monoisotopic (exact) mass is 334 g/mol. The molecular formula is C17H22N2O5. The molecule has 2 aliphatic rings. The van der Waals surface area contributed by atoms with E-state index in [1.165, 1.54) is 4.90 Å². The Bertz CT molecular complexity index is 691. The molecule has 0 radical (unpaired) electrons. The standard InChI is InChI=1S/C17H22N2O5/c1-11-10-13(12-3-8-23-9-4-12)24-17(22)15(11)16(21)19-6-2-14(20)18-5-7-19/h10,12H,2-9H2,1H3,(H,18,20). The summed E-state index contributed by atoms with van der Waals surface area (Å²) in [4.78, 5) is 38.0. The maximum atomic E-state index is 12.7. The zero-order valence-electron chi connectivity index (χ0n) is 13.8. The van der Waals surface area contributed by atoms with Crippen molar-refractivity contribution in [3.05, 3.63) is 33.4 Å². The van der Waals surface area contributed by atoms with E-state index < -0.39 is 5.63 Å². The Kier molecular flexibility index (Phi) is 4.99. The molecule has 2 fully saturated rings. The van der Waals surface area contributed by atoms with Gasteiger partial charge in [-0.3, -0.25) is 9.59 Å². The summed E-state index contributed by atoms with van der Waals surface area (Å²) >= 11 is 0. The number of aryl methyl sites for hydroxylation is 1. The van der Waals surface area contributed by atoms with Crippen LogP contribution in [0.5, 0.6) is 0 Å². The molecule has 0 aromatic carbocycles. The van der Waals surface area contributed by atoms with Crippen LogP contribution in [0.2, 0.25) is 0 Å². The fraction of sp³-hybridized carbons (Fsp3) is 0.588. The van der Waals surface area contributed by atoms with Crippen LogP contribution in [0.3, 0.4) is 0 Å². The Hall–Kier alpha value is -2.15. The van der Waals surface area contributed by atoms with Gasteiger partial charge in [0.1, 0.15) is 11.3 Å². The van der Waals surface area contributed by atoms with Gasteiger partial charge in [0.05, 0.1) is 0 Å². The fourth-order valence-corrected chi connectivity index (χ4v) is 3.20. The Morgan fingerprint density at radius 2 is 2.00 bits per heavy atom. The van der Waals surface area contributed by atoms with Crippen LogP contribution < -0.4 is 10.9 Å². The van der Waals surface area contributed by atoms with Crippen molar-refractivity contribution in [2.75, 3.05) is 32.8 Å². The topological polar surface area (TPSA) is 88.8 Å². The van der Waals surface area contributed by atoms with Gasteiger partial charge in [-0.2, -0.15) is 0 Å². The SMILES string of the molecule is Cc1cc(C2CCOCC2)oc(=O)c1C(=O)N1CCNC(=O)CC1. The van der Waals surface area contributed by atoms with Crippen LogP contribution in [-0.4, -0.2) is 49.6 Å². The van der Waals surface area contributed by atoms with Gasteiger partial charge in [-0.05, 0) is 31.4 Å². The molecule has 0 unspecified atom stereocenters. The molecule has 2 aliphatic heterocycles. The number of hydrogen-bond donors (Lipinski definition) is 1. The third-order valence-electron chi connectivity index (χ3n) is 4.61. The summed E-state index contributed by atoms with van der Waals surface area (Å²) in [6.45, 7) is 4.17. The highest BCUT2D eigenvalue weighted by Gasteiger charge is 2.26. The molecule has 0 saturated carbocycles. The molecule has 7 heteroatoms. The summed E-state index contributed by atoms with van der Waals surface area (Å²) in [5.74, 6) is 0.347. The lowest BCUT2D eigenvalue weighted by Gasteiger charge is -2.22. The number of carbonyl (C=O) groups is 2. The molecule has 1 aromatic heterocycles. The molecule has 1 aromatic rings. The molecule has 130 valence electrons. The van der Waals surface area contributed by atoms with Gasteiger partial charge < -0.3 is 19.4 Å². The number of ether oxygens (including phenoxy) is 1. The first-order valence-corrected chi connectivity index (χ1v) is 8.34. The second kappa shape index (κ2) is 7.17. The predicted molar refractivity (Wildman–Crippen MR) is 86.0 cm³/mol. The molecule has 3 heterocycles. The first-order valence-electron chi connectivity index (χ1n) is 8.34. The third kappa shape index (κ3) is 3.51. The summed E-state index contributed by atoms with van der Waals surface area (Å²) in [6.07, 6.45) is 1.88. The molecule has 3 rings (SSSR count). The summed E-state index contributed by atoms with van der Waals surface area (Å²) in [6, 6.07) is 1.80. The quantitative estimate of drug-likeness (QED) is 0.864. The van der Waals surface area contributed by atoms with Gasteiger partial charge >= 0.3 is 5.63 Å². The predicted octanol–water partition coefficient (Wildman–Crippen LogP) is 0.804. The number of carbonyl (C=O) groups excluding carboxylic acids is 2. The van der Waals surface area contributed by atoms with Crippen molar-refractivity contribution in [3.63, 3.8) is 0 Å². The molecule has 0 bridgehead atoms. The van der Waals surface area contributed by atoms with Crippen molar-refractivity contribution in [3.8, 4) is 0 Å². The van der Waals surface area contributed by atoms with Crippen molar-refractivity contribution in [2.45, 2.75) is 32.1 Å². The average Bonchev–Trinajstić information content (AvgIpc) is 2.79. The Labute approximate surface area is 140 Å². The molecule has 0 spiro atoms. The van der Waals surface area contributed by atoms with E-state index in [0.717, 1.165) is 12.8 Å². The lowest BCUT2D eigenvalue weighted by molar-refractivity contribution is -0.120. The highest BCUT2D eigenvalue weighted by molar-refractivity contribution is 5.95. The minimum Gasteiger partial charge on any atom is -0.427 e. The molecule has 2 amide bonds. The van der Waals surface area contributed by atoms with E-state index in [4.69, 9.17) is 9.15 Å². The van der Waals surface area contributed by atoms with Gasteiger partial charge in [0.15, 0.2) is 0 Å². The van der Waals surface area contributed by atoms with E-state index in [0.29, 0.717) is 44.2 Å². The summed E-state index contributed by atoms with van der Waals surface area (Å²) < 4.78 is 10.8. The summed E-state index contributed by atoms with van der Waals surface area (Å²) in [5, 5.41) is 2.72. The molecule has 0 aliphatic carbocycles.